The van der Waals surface area contributed by atoms with Crippen molar-refractivity contribution in [3.8, 4) is 0 Å². The van der Waals surface area contributed by atoms with Gasteiger partial charge < -0.3 is 26.6 Å². The van der Waals surface area contributed by atoms with Gasteiger partial charge in [-0.15, -0.1) is 0 Å². The molecule has 0 spiro atoms. The van der Waals surface area contributed by atoms with Crippen molar-refractivity contribution in [2.45, 2.75) is 26.0 Å². The molecule has 0 radical (unpaired) electrons. The SMILES string of the molecule is CC(O)C[N+](C)(C)CCCn1cnc2c1c(=O)n(C)c(=O)n2C.[Cl-]. The van der Waals surface area contributed by atoms with Crippen molar-refractivity contribution < 1.29 is 22.0 Å². The standard InChI is InChI=1S/C15H26N5O3.ClH/c1-11(21)9-20(4,5)8-6-7-19-10-16-13-12(19)14(22)18(3)15(23)17(13)2;/h10-11,21H,6-9H2,1-5H3;1H/q+1;/p-1. The van der Waals surface area contributed by atoms with Gasteiger partial charge in [0.25, 0.3) is 5.56 Å². The maximum atomic E-state index is 12.3. The molecule has 9 heteroatoms. The first-order valence-corrected chi connectivity index (χ1v) is 7.75. The van der Waals surface area contributed by atoms with Crippen LogP contribution in [0.15, 0.2) is 15.9 Å². The number of aliphatic hydroxyl groups is 1. The summed E-state index contributed by atoms with van der Waals surface area (Å²) in [5.41, 5.74) is 0.173. The molecule has 1 N–H and O–H groups in total. The van der Waals surface area contributed by atoms with Crippen LogP contribution in [0, 0.1) is 0 Å². The third kappa shape index (κ3) is 4.06. The predicted molar refractivity (Wildman–Crippen MR) is 88.4 cm³/mol. The van der Waals surface area contributed by atoms with Crippen LogP contribution < -0.4 is 23.7 Å². The lowest BCUT2D eigenvalue weighted by Gasteiger charge is -2.31. The lowest BCUT2D eigenvalue weighted by atomic mass is 10.3. The summed E-state index contributed by atoms with van der Waals surface area (Å²) in [6, 6.07) is 0. The number of likely N-dealkylation sites (N-methyl/N-ethyl adjacent to an activating group) is 1. The first-order valence-electron chi connectivity index (χ1n) is 7.75. The summed E-state index contributed by atoms with van der Waals surface area (Å²) in [5, 5.41) is 9.53. The van der Waals surface area contributed by atoms with E-state index < -0.39 is 0 Å². The fourth-order valence-electron chi connectivity index (χ4n) is 3.04. The molecule has 2 aromatic rings. The zero-order valence-electron chi connectivity index (χ0n) is 14.9. The molecule has 2 rings (SSSR count). The number of halogens is 1. The molecule has 2 heterocycles. The molecule has 136 valence electrons. The van der Waals surface area contributed by atoms with Crippen molar-refractivity contribution >= 4 is 11.2 Å². The maximum absolute atomic E-state index is 12.3. The number of rotatable bonds is 6. The monoisotopic (exact) mass is 359 g/mol. The molecule has 0 saturated carbocycles. The van der Waals surface area contributed by atoms with Crippen molar-refractivity contribution in [3.05, 3.63) is 27.2 Å². The Balaban J connectivity index is 0.00000288. The molecular weight excluding hydrogens is 334 g/mol. The second-order valence-corrected chi connectivity index (χ2v) is 6.86. The van der Waals surface area contributed by atoms with E-state index in [1.807, 2.05) is 0 Å². The van der Waals surface area contributed by atoms with E-state index in [9.17, 15) is 14.7 Å². The number of fused-ring (bicyclic) bond motifs is 1. The number of quaternary nitrogens is 1. The summed E-state index contributed by atoms with van der Waals surface area (Å²) >= 11 is 0. The Labute approximate surface area is 147 Å². The van der Waals surface area contributed by atoms with Gasteiger partial charge in [-0.3, -0.25) is 13.9 Å². The highest BCUT2D eigenvalue weighted by Crippen LogP contribution is 2.08. The Bertz CT molecular complexity index is 819. The van der Waals surface area contributed by atoms with Crippen LogP contribution in [0.25, 0.3) is 11.2 Å². The molecule has 0 aliphatic heterocycles. The molecule has 0 aliphatic rings. The van der Waals surface area contributed by atoms with Gasteiger partial charge in [0.1, 0.15) is 12.6 Å². The van der Waals surface area contributed by atoms with Gasteiger partial charge in [0, 0.05) is 27.1 Å². The van der Waals surface area contributed by atoms with E-state index >= 15 is 0 Å². The lowest BCUT2D eigenvalue weighted by molar-refractivity contribution is -0.893. The molecule has 0 aromatic carbocycles. The minimum atomic E-state index is -0.373. The highest BCUT2D eigenvalue weighted by atomic mass is 35.5. The van der Waals surface area contributed by atoms with Gasteiger partial charge in [0.2, 0.25) is 0 Å². The Hall–Kier alpha value is -1.64. The zero-order valence-corrected chi connectivity index (χ0v) is 15.6. The summed E-state index contributed by atoms with van der Waals surface area (Å²) in [4.78, 5) is 28.5. The van der Waals surface area contributed by atoms with Gasteiger partial charge in [0.05, 0.1) is 27.0 Å². The molecule has 1 unspecified atom stereocenters. The van der Waals surface area contributed by atoms with E-state index in [0.29, 0.717) is 28.7 Å². The smallest absolute Gasteiger partial charge is 0.332 e. The normalized spacial score (nSPS) is 13.1. The van der Waals surface area contributed by atoms with Gasteiger partial charge in [-0.05, 0) is 6.92 Å². The molecule has 8 nitrogen and oxygen atoms in total. The number of aliphatic hydroxyl groups excluding tert-OH is 1. The third-order valence-corrected chi connectivity index (χ3v) is 4.14. The maximum Gasteiger partial charge on any atom is 0.332 e. The first-order chi connectivity index (χ1) is 10.6. The zero-order chi connectivity index (χ0) is 17.4. The highest BCUT2D eigenvalue weighted by Gasteiger charge is 2.18. The summed E-state index contributed by atoms with van der Waals surface area (Å²) in [5.74, 6) is 0. The van der Waals surface area contributed by atoms with Crippen molar-refractivity contribution in [2.24, 2.45) is 14.1 Å². The van der Waals surface area contributed by atoms with Crippen molar-refractivity contribution in [3.63, 3.8) is 0 Å². The summed E-state index contributed by atoms with van der Waals surface area (Å²) in [6.45, 7) is 3.98. The molecule has 0 saturated heterocycles. The molecule has 0 aliphatic carbocycles. The van der Waals surface area contributed by atoms with Crippen LogP contribution in [-0.4, -0.2) is 61.6 Å². The Morgan fingerprint density at radius 3 is 2.46 bits per heavy atom. The van der Waals surface area contributed by atoms with E-state index in [4.69, 9.17) is 0 Å². The van der Waals surface area contributed by atoms with Gasteiger partial charge in [-0.2, -0.15) is 0 Å². The minimum absolute atomic E-state index is 0. The molecular formula is C15H26ClN5O3. The van der Waals surface area contributed by atoms with Crippen LogP contribution in [0.3, 0.4) is 0 Å². The minimum Gasteiger partial charge on any atom is -1.00 e. The quantitative estimate of drug-likeness (QED) is 0.538. The third-order valence-electron chi connectivity index (χ3n) is 4.14. The van der Waals surface area contributed by atoms with Crippen molar-refractivity contribution in [1.29, 1.82) is 0 Å². The number of imidazole rings is 1. The fraction of sp³-hybridized carbons (Fsp3) is 0.667. The predicted octanol–water partition coefficient (Wildman–Crippen LogP) is -3.71. The van der Waals surface area contributed by atoms with Crippen molar-refractivity contribution in [2.75, 3.05) is 27.2 Å². The second-order valence-electron chi connectivity index (χ2n) is 6.86. The number of hydrogen-bond donors (Lipinski definition) is 1. The van der Waals surface area contributed by atoms with Crippen LogP contribution in [0.4, 0.5) is 0 Å². The van der Waals surface area contributed by atoms with E-state index in [0.717, 1.165) is 17.5 Å². The van der Waals surface area contributed by atoms with Gasteiger partial charge in [-0.25, -0.2) is 9.78 Å². The number of aromatic nitrogens is 4. The van der Waals surface area contributed by atoms with E-state index in [1.54, 1.807) is 24.9 Å². The average molecular weight is 360 g/mol. The largest absolute Gasteiger partial charge is 1.00 e. The lowest BCUT2D eigenvalue weighted by Crippen LogP contribution is -3.00. The Kier molecular flexibility index (Phi) is 6.38. The van der Waals surface area contributed by atoms with Crippen LogP contribution in [0.5, 0.6) is 0 Å². The van der Waals surface area contributed by atoms with Crippen LogP contribution in [0.2, 0.25) is 0 Å². The van der Waals surface area contributed by atoms with Crippen LogP contribution in [0.1, 0.15) is 13.3 Å². The molecule has 0 bridgehead atoms. The van der Waals surface area contributed by atoms with Gasteiger partial charge in [0.15, 0.2) is 11.2 Å². The van der Waals surface area contributed by atoms with E-state index in [-0.39, 0.29) is 29.8 Å². The first kappa shape index (κ1) is 20.4. The van der Waals surface area contributed by atoms with E-state index in [2.05, 4.69) is 19.1 Å². The topological polar surface area (TPSA) is 82.1 Å². The number of nitrogens with zero attached hydrogens (tertiary/aromatic N) is 5. The summed E-state index contributed by atoms with van der Waals surface area (Å²) in [6.07, 6.45) is 2.11. The van der Waals surface area contributed by atoms with E-state index in [1.165, 1.54) is 11.6 Å². The number of aryl methyl sites for hydroxylation is 2. The van der Waals surface area contributed by atoms with Gasteiger partial charge >= 0.3 is 5.69 Å². The second kappa shape index (κ2) is 7.50. The fourth-order valence-corrected chi connectivity index (χ4v) is 3.04. The molecule has 0 amide bonds. The number of hydrogen-bond acceptors (Lipinski definition) is 4. The highest BCUT2D eigenvalue weighted by molar-refractivity contribution is 5.69. The Morgan fingerprint density at radius 2 is 1.88 bits per heavy atom. The van der Waals surface area contributed by atoms with Crippen LogP contribution >= 0.6 is 0 Å². The summed E-state index contributed by atoms with van der Waals surface area (Å²) in [7, 11) is 7.23. The summed E-state index contributed by atoms with van der Waals surface area (Å²) < 4.78 is 5.01. The average Bonchev–Trinajstić information content (AvgIpc) is 2.85. The van der Waals surface area contributed by atoms with Gasteiger partial charge in [-0.1, -0.05) is 0 Å². The van der Waals surface area contributed by atoms with Crippen LogP contribution in [-0.2, 0) is 20.6 Å². The molecule has 1 atom stereocenters. The Morgan fingerprint density at radius 1 is 1.25 bits per heavy atom. The van der Waals surface area contributed by atoms with Crippen molar-refractivity contribution in [1.82, 2.24) is 18.7 Å². The molecule has 2 aromatic heterocycles. The molecule has 0 fully saturated rings. The molecule has 24 heavy (non-hydrogen) atoms.